The van der Waals surface area contributed by atoms with E-state index in [1.54, 1.807) is 0 Å². The van der Waals surface area contributed by atoms with Gasteiger partial charge in [-0.2, -0.15) is 0 Å². The number of ether oxygens (including phenoxy) is 1. The average molecular weight is 207 g/mol. The molecule has 1 fully saturated rings. The molecule has 0 atom stereocenters. The third-order valence-electron chi connectivity index (χ3n) is 2.49. The van der Waals surface area contributed by atoms with E-state index in [2.05, 4.69) is 0 Å². The number of halogens is 1. The van der Waals surface area contributed by atoms with Crippen molar-refractivity contribution < 1.29 is 9.53 Å². The first-order valence-electron chi connectivity index (χ1n) is 4.98. The summed E-state index contributed by atoms with van der Waals surface area (Å²) in [6.45, 7) is 2.38. The highest BCUT2D eigenvalue weighted by molar-refractivity contribution is 5.85. The van der Waals surface area contributed by atoms with Crippen molar-refractivity contribution in [1.82, 2.24) is 0 Å². The Balaban J connectivity index is 0.00000144. The maximum absolute atomic E-state index is 11.1. The van der Waals surface area contributed by atoms with Gasteiger partial charge in [-0.25, -0.2) is 0 Å². The van der Waals surface area contributed by atoms with E-state index in [-0.39, 0.29) is 18.4 Å². The quantitative estimate of drug-likeness (QED) is 0.664. The zero-order chi connectivity index (χ0) is 8.81. The van der Waals surface area contributed by atoms with Crippen molar-refractivity contribution in [3.8, 4) is 0 Å². The molecule has 1 aliphatic rings. The zero-order valence-electron chi connectivity index (χ0n) is 8.25. The molecule has 2 nitrogen and oxygen atoms in total. The normalized spacial score (nSPS) is 17.6. The molecule has 13 heavy (non-hydrogen) atoms. The Labute approximate surface area is 86.4 Å². The molecule has 0 saturated heterocycles. The number of hydrogen-bond donors (Lipinski definition) is 0. The summed E-state index contributed by atoms with van der Waals surface area (Å²) >= 11 is 0. The Kier molecular flexibility index (Phi) is 7.06. The van der Waals surface area contributed by atoms with Gasteiger partial charge in [0.15, 0.2) is 0 Å². The maximum Gasteiger partial charge on any atom is 0.306 e. The third kappa shape index (κ3) is 5.14. The molecule has 0 N–H and O–H groups in total. The van der Waals surface area contributed by atoms with Crippen LogP contribution in [0.1, 0.15) is 45.4 Å². The van der Waals surface area contributed by atoms with Gasteiger partial charge in [-0.1, -0.05) is 19.3 Å². The van der Waals surface area contributed by atoms with Gasteiger partial charge < -0.3 is 4.74 Å². The van der Waals surface area contributed by atoms with E-state index in [1.807, 2.05) is 6.92 Å². The monoisotopic (exact) mass is 206 g/mol. The highest BCUT2D eigenvalue weighted by Gasteiger charge is 2.17. The van der Waals surface area contributed by atoms with Crippen LogP contribution >= 0.6 is 12.4 Å². The minimum Gasteiger partial charge on any atom is -0.466 e. The lowest BCUT2D eigenvalue weighted by Crippen LogP contribution is -2.14. The molecule has 0 amide bonds. The third-order valence-corrected chi connectivity index (χ3v) is 2.49. The van der Waals surface area contributed by atoms with Crippen molar-refractivity contribution in [2.24, 2.45) is 5.92 Å². The average Bonchev–Trinajstić information content (AvgIpc) is 2.06. The largest absolute Gasteiger partial charge is 0.466 e. The fraction of sp³-hybridized carbons (Fsp3) is 0.900. The predicted molar refractivity (Wildman–Crippen MR) is 55.1 cm³/mol. The van der Waals surface area contributed by atoms with Crippen LogP contribution in [0.4, 0.5) is 0 Å². The van der Waals surface area contributed by atoms with Crippen LogP contribution in [0.25, 0.3) is 0 Å². The van der Waals surface area contributed by atoms with Crippen LogP contribution in [-0.4, -0.2) is 12.6 Å². The molecular weight excluding hydrogens is 188 g/mol. The van der Waals surface area contributed by atoms with E-state index in [9.17, 15) is 4.79 Å². The molecule has 1 saturated carbocycles. The Morgan fingerprint density at radius 3 is 2.46 bits per heavy atom. The standard InChI is InChI=1S/C10H18O2.ClH/c1-2-12-10(11)8-9-6-4-3-5-7-9;/h9H,2-8H2,1H3;1H. The van der Waals surface area contributed by atoms with Crippen molar-refractivity contribution in [3.63, 3.8) is 0 Å². The number of carbonyl (C=O) groups excluding carboxylic acids is 1. The summed E-state index contributed by atoms with van der Waals surface area (Å²) in [5, 5.41) is 0. The van der Waals surface area contributed by atoms with Gasteiger partial charge in [0.1, 0.15) is 0 Å². The molecular formula is C10H19ClO2. The van der Waals surface area contributed by atoms with Gasteiger partial charge in [0.05, 0.1) is 6.61 Å². The van der Waals surface area contributed by atoms with Gasteiger partial charge in [-0.15, -0.1) is 12.4 Å². The van der Waals surface area contributed by atoms with Gasteiger partial charge in [-0.05, 0) is 25.7 Å². The number of carbonyl (C=O) groups is 1. The minimum atomic E-state index is -0.00981. The molecule has 0 radical (unpaired) electrons. The lowest BCUT2D eigenvalue weighted by molar-refractivity contribution is -0.144. The van der Waals surface area contributed by atoms with Gasteiger partial charge in [0, 0.05) is 6.42 Å². The van der Waals surface area contributed by atoms with Gasteiger partial charge in [-0.3, -0.25) is 4.79 Å². The number of esters is 1. The van der Waals surface area contributed by atoms with Crippen LogP contribution < -0.4 is 0 Å². The Morgan fingerprint density at radius 1 is 1.31 bits per heavy atom. The molecule has 0 spiro atoms. The number of rotatable bonds is 3. The molecule has 78 valence electrons. The van der Waals surface area contributed by atoms with Crippen LogP contribution in [0, 0.1) is 5.92 Å². The Hall–Kier alpha value is -0.240. The predicted octanol–water partition coefficient (Wildman–Crippen LogP) is 2.94. The second kappa shape index (κ2) is 7.19. The van der Waals surface area contributed by atoms with Gasteiger partial charge >= 0.3 is 5.97 Å². The summed E-state index contributed by atoms with van der Waals surface area (Å²) in [6, 6.07) is 0. The highest BCUT2D eigenvalue weighted by Crippen LogP contribution is 2.26. The van der Waals surface area contributed by atoms with E-state index in [1.165, 1.54) is 32.1 Å². The van der Waals surface area contributed by atoms with Crippen LogP contribution in [0.15, 0.2) is 0 Å². The molecule has 1 rings (SSSR count). The second-order valence-corrected chi connectivity index (χ2v) is 3.51. The molecule has 3 heteroatoms. The van der Waals surface area contributed by atoms with Crippen molar-refractivity contribution in [2.45, 2.75) is 45.4 Å². The molecule has 0 aromatic heterocycles. The highest BCUT2D eigenvalue weighted by atomic mass is 35.5. The van der Waals surface area contributed by atoms with Gasteiger partial charge in [0.2, 0.25) is 0 Å². The summed E-state index contributed by atoms with van der Waals surface area (Å²) in [4.78, 5) is 11.1. The molecule has 1 aliphatic carbocycles. The van der Waals surface area contributed by atoms with Crippen LogP contribution in [0.3, 0.4) is 0 Å². The van der Waals surface area contributed by atoms with E-state index >= 15 is 0 Å². The van der Waals surface area contributed by atoms with Crippen LogP contribution in [0.2, 0.25) is 0 Å². The van der Waals surface area contributed by atoms with Crippen molar-refractivity contribution >= 4 is 18.4 Å². The molecule has 0 aliphatic heterocycles. The molecule has 0 bridgehead atoms. The number of hydrogen-bond acceptors (Lipinski definition) is 2. The fourth-order valence-electron chi connectivity index (χ4n) is 1.85. The summed E-state index contributed by atoms with van der Waals surface area (Å²) in [5.41, 5.74) is 0. The fourth-order valence-corrected chi connectivity index (χ4v) is 1.85. The second-order valence-electron chi connectivity index (χ2n) is 3.51. The first kappa shape index (κ1) is 12.8. The first-order valence-corrected chi connectivity index (χ1v) is 4.98. The van der Waals surface area contributed by atoms with Crippen molar-refractivity contribution in [3.05, 3.63) is 0 Å². The summed E-state index contributed by atoms with van der Waals surface area (Å²) in [7, 11) is 0. The molecule has 0 heterocycles. The van der Waals surface area contributed by atoms with Crippen molar-refractivity contribution in [1.29, 1.82) is 0 Å². The van der Waals surface area contributed by atoms with Crippen molar-refractivity contribution in [2.75, 3.05) is 6.61 Å². The van der Waals surface area contributed by atoms with E-state index in [0.717, 1.165) is 0 Å². The Morgan fingerprint density at radius 2 is 1.92 bits per heavy atom. The van der Waals surface area contributed by atoms with E-state index < -0.39 is 0 Å². The van der Waals surface area contributed by atoms with E-state index in [4.69, 9.17) is 4.74 Å². The summed E-state index contributed by atoms with van der Waals surface area (Å²) in [6.07, 6.45) is 7.03. The first-order chi connectivity index (χ1) is 5.83. The smallest absolute Gasteiger partial charge is 0.306 e. The minimum absolute atomic E-state index is 0. The summed E-state index contributed by atoms with van der Waals surface area (Å²) < 4.78 is 4.91. The molecule has 0 unspecified atom stereocenters. The topological polar surface area (TPSA) is 26.3 Å². The van der Waals surface area contributed by atoms with Gasteiger partial charge in [0.25, 0.3) is 0 Å². The Bertz CT molecular complexity index is 142. The maximum atomic E-state index is 11.1. The van der Waals surface area contributed by atoms with Crippen LogP contribution in [0.5, 0.6) is 0 Å². The van der Waals surface area contributed by atoms with Crippen LogP contribution in [-0.2, 0) is 9.53 Å². The molecule has 0 aromatic carbocycles. The SMILES string of the molecule is CCOC(=O)CC1CCCCC1.Cl. The molecule has 0 aromatic rings. The lowest BCUT2D eigenvalue weighted by atomic mass is 9.87. The summed E-state index contributed by atoms with van der Waals surface area (Å²) in [5.74, 6) is 0.599. The zero-order valence-corrected chi connectivity index (χ0v) is 9.07. The van der Waals surface area contributed by atoms with E-state index in [0.29, 0.717) is 18.9 Å². The lowest BCUT2D eigenvalue weighted by Gasteiger charge is -2.20.